The molecule has 0 spiro atoms. The number of hydrogen-bond donors (Lipinski definition) is 1. The Bertz CT molecular complexity index is 378. The molecular formula is C14H22BrNO. The van der Waals surface area contributed by atoms with E-state index < -0.39 is 0 Å². The van der Waals surface area contributed by atoms with Gasteiger partial charge >= 0.3 is 0 Å². The van der Waals surface area contributed by atoms with Crippen molar-refractivity contribution < 1.29 is 4.74 Å². The summed E-state index contributed by atoms with van der Waals surface area (Å²) in [5, 5.41) is 0. The van der Waals surface area contributed by atoms with Crippen molar-refractivity contribution in [1.29, 1.82) is 0 Å². The van der Waals surface area contributed by atoms with Gasteiger partial charge in [0.05, 0.1) is 11.6 Å². The molecular weight excluding hydrogens is 278 g/mol. The summed E-state index contributed by atoms with van der Waals surface area (Å²) in [5.41, 5.74) is 7.35. The first-order chi connectivity index (χ1) is 7.92. The Balaban J connectivity index is 2.91. The Hall–Kier alpha value is -0.540. The van der Waals surface area contributed by atoms with Crippen LogP contribution in [0.1, 0.15) is 26.3 Å². The van der Waals surface area contributed by atoms with Crippen molar-refractivity contribution in [3.05, 3.63) is 28.2 Å². The Morgan fingerprint density at radius 2 is 2.06 bits per heavy atom. The summed E-state index contributed by atoms with van der Waals surface area (Å²) in [5.74, 6) is 1.43. The molecule has 1 aromatic carbocycles. The number of rotatable bonds is 5. The van der Waals surface area contributed by atoms with Crippen molar-refractivity contribution >= 4 is 15.9 Å². The van der Waals surface area contributed by atoms with Crippen LogP contribution in [0.5, 0.6) is 5.75 Å². The molecule has 0 aliphatic heterocycles. The molecule has 1 rings (SSSR count). The predicted octanol–water partition coefficient (Wildman–Crippen LogP) is 3.62. The molecule has 0 saturated heterocycles. The minimum Gasteiger partial charge on any atom is -0.496 e. The van der Waals surface area contributed by atoms with Crippen LogP contribution in [0.25, 0.3) is 0 Å². The normalized spacial score (nSPS) is 14.8. The predicted molar refractivity (Wildman–Crippen MR) is 76.4 cm³/mol. The van der Waals surface area contributed by atoms with E-state index in [4.69, 9.17) is 10.5 Å². The monoisotopic (exact) mass is 299 g/mol. The van der Waals surface area contributed by atoms with Crippen molar-refractivity contribution in [2.45, 2.75) is 27.2 Å². The van der Waals surface area contributed by atoms with E-state index in [2.05, 4.69) is 48.8 Å². The number of hydrogen-bond acceptors (Lipinski definition) is 2. The number of benzene rings is 1. The van der Waals surface area contributed by atoms with Crippen LogP contribution in [0.4, 0.5) is 0 Å². The SMILES string of the molecule is COc1ccc(CC(C)(CN)C(C)C)cc1Br. The van der Waals surface area contributed by atoms with E-state index >= 15 is 0 Å². The summed E-state index contributed by atoms with van der Waals surface area (Å²) in [7, 11) is 1.68. The summed E-state index contributed by atoms with van der Waals surface area (Å²) in [6, 6.07) is 6.23. The topological polar surface area (TPSA) is 35.2 Å². The molecule has 0 saturated carbocycles. The van der Waals surface area contributed by atoms with Gasteiger partial charge in [0.2, 0.25) is 0 Å². The molecule has 1 atom stereocenters. The number of ether oxygens (including phenoxy) is 1. The second-order valence-electron chi connectivity index (χ2n) is 5.16. The van der Waals surface area contributed by atoms with Gasteiger partial charge < -0.3 is 10.5 Å². The van der Waals surface area contributed by atoms with Gasteiger partial charge in [0.15, 0.2) is 0 Å². The lowest BCUT2D eigenvalue weighted by Gasteiger charge is -2.32. The zero-order chi connectivity index (χ0) is 13.1. The summed E-state index contributed by atoms with van der Waals surface area (Å²) in [6.45, 7) is 7.40. The van der Waals surface area contributed by atoms with Crippen molar-refractivity contribution in [3.8, 4) is 5.75 Å². The van der Waals surface area contributed by atoms with Gasteiger partial charge in [-0.05, 0) is 57.9 Å². The molecule has 96 valence electrons. The lowest BCUT2D eigenvalue weighted by atomic mass is 9.74. The third kappa shape index (κ3) is 3.46. The first kappa shape index (κ1) is 14.5. The molecule has 17 heavy (non-hydrogen) atoms. The maximum Gasteiger partial charge on any atom is 0.133 e. The third-order valence-corrected chi connectivity index (χ3v) is 4.30. The zero-order valence-corrected chi connectivity index (χ0v) is 12.7. The number of nitrogens with two attached hydrogens (primary N) is 1. The van der Waals surface area contributed by atoms with Crippen LogP contribution in [-0.2, 0) is 6.42 Å². The highest BCUT2D eigenvalue weighted by Crippen LogP contribution is 2.33. The Morgan fingerprint density at radius 3 is 2.47 bits per heavy atom. The molecule has 1 unspecified atom stereocenters. The van der Waals surface area contributed by atoms with Gasteiger partial charge in [0.25, 0.3) is 0 Å². The number of methoxy groups -OCH3 is 1. The van der Waals surface area contributed by atoms with E-state index in [1.54, 1.807) is 7.11 Å². The van der Waals surface area contributed by atoms with E-state index in [1.807, 2.05) is 6.07 Å². The molecule has 0 aliphatic rings. The average Bonchev–Trinajstić information content (AvgIpc) is 2.29. The van der Waals surface area contributed by atoms with Gasteiger partial charge in [0.1, 0.15) is 5.75 Å². The molecule has 0 aliphatic carbocycles. The highest BCUT2D eigenvalue weighted by molar-refractivity contribution is 9.10. The fourth-order valence-electron chi connectivity index (χ4n) is 1.80. The van der Waals surface area contributed by atoms with Crippen LogP contribution in [0.15, 0.2) is 22.7 Å². The molecule has 0 bridgehead atoms. The molecule has 0 amide bonds. The fourth-order valence-corrected chi connectivity index (χ4v) is 2.39. The molecule has 2 nitrogen and oxygen atoms in total. The summed E-state index contributed by atoms with van der Waals surface area (Å²) in [4.78, 5) is 0. The van der Waals surface area contributed by atoms with Crippen LogP contribution in [0, 0.1) is 11.3 Å². The van der Waals surface area contributed by atoms with E-state index in [0.717, 1.165) is 16.6 Å². The lowest BCUT2D eigenvalue weighted by molar-refractivity contribution is 0.227. The largest absolute Gasteiger partial charge is 0.496 e. The average molecular weight is 300 g/mol. The van der Waals surface area contributed by atoms with Crippen LogP contribution in [0.2, 0.25) is 0 Å². The minimum atomic E-state index is 0.147. The van der Waals surface area contributed by atoms with Crippen LogP contribution in [0.3, 0.4) is 0 Å². The van der Waals surface area contributed by atoms with E-state index in [-0.39, 0.29) is 5.41 Å². The highest BCUT2D eigenvalue weighted by Gasteiger charge is 2.27. The van der Waals surface area contributed by atoms with Gasteiger partial charge in [-0.25, -0.2) is 0 Å². The Labute approximate surface area is 113 Å². The van der Waals surface area contributed by atoms with Crippen molar-refractivity contribution in [1.82, 2.24) is 0 Å². The van der Waals surface area contributed by atoms with Crippen LogP contribution >= 0.6 is 15.9 Å². The molecule has 0 aromatic heterocycles. The fraction of sp³-hybridized carbons (Fsp3) is 0.571. The van der Waals surface area contributed by atoms with E-state index in [1.165, 1.54) is 5.56 Å². The lowest BCUT2D eigenvalue weighted by Crippen LogP contribution is -2.34. The molecule has 0 heterocycles. The van der Waals surface area contributed by atoms with Gasteiger partial charge in [-0.2, -0.15) is 0 Å². The zero-order valence-electron chi connectivity index (χ0n) is 11.1. The summed E-state index contributed by atoms with van der Waals surface area (Å²) in [6.07, 6.45) is 0.990. The van der Waals surface area contributed by atoms with Crippen LogP contribution < -0.4 is 10.5 Å². The van der Waals surface area contributed by atoms with E-state index in [0.29, 0.717) is 12.5 Å². The first-order valence-corrected chi connectivity index (χ1v) is 6.74. The standard InChI is InChI=1S/C14H22BrNO/c1-10(2)14(3,9-16)8-11-5-6-13(17-4)12(15)7-11/h5-7,10H,8-9,16H2,1-4H3. The second-order valence-corrected chi connectivity index (χ2v) is 6.01. The maximum atomic E-state index is 5.91. The second kappa shape index (κ2) is 5.87. The van der Waals surface area contributed by atoms with Crippen LogP contribution in [-0.4, -0.2) is 13.7 Å². The molecule has 3 heteroatoms. The van der Waals surface area contributed by atoms with Crippen molar-refractivity contribution in [2.24, 2.45) is 17.1 Å². The van der Waals surface area contributed by atoms with Gasteiger partial charge in [-0.1, -0.05) is 26.8 Å². The van der Waals surface area contributed by atoms with Crippen molar-refractivity contribution in [2.75, 3.05) is 13.7 Å². The minimum absolute atomic E-state index is 0.147. The quantitative estimate of drug-likeness (QED) is 0.901. The highest BCUT2D eigenvalue weighted by atomic mass is 79.9. The van der Waals surface area contributed by atoms with Crippen molar-refractivity contribution in [3.63, 3.8) is 0 Å². The first-order valence-electron chi connectivity index (χ1n) is 5.95. The maximum absolute atomic E-state index is 5.91. The summed E-state index contributed by atoms with van der Waals surface area (Å²) >= 11 is 3.52. The molecule has 2 N–H and O–H groups in total. The smallest absolute Gasteiger partial charge is 0.133 e. The van der Waals surface area contributed by atoms with Gasteiger partial charge in [-0.15, -0.1) is 0 Å². The van der Waals surface area contributed by atoms with Gasteiger partial charge in [0, 0.05) is 0 Å². The molecule has 0 radical (unpaired) electrons. The third-order valence-electron chi connectivity index (χ3n) is 3.68. The Morgan fingerprint density at radius 1 is 1.41 bits per heavy atom. The number of halogens is 1. The molecule has 1 aromatic rings. The Kier molecular flexibility index (Phi) is 5.02. The molecule has 0 fully saturated rings. The van der Waals surface area contributed by atoms with Gasteiger partial charge in [-0.3, -0.25) is 0 Å². The summed E-state index contributed by atoms with van der Waals surface area (Å²) < 4.78 is 6.23. The van der Waals surface area contributed by atoms with E-state index in [9.17, 15) is 0 Å².